The number of carbonyl (C=O) groups excluding carboxylic acids is 1. The first-order chi connectivity index (χ1) is 17.3. The van der Waals surface area contributed by atoms with Gasteiger partial charge in [-0.05, 0) is 44.5 Å². The molecule has 2 aliphatic heterocycles. The van der Waals surface area contributed by atoms with Gasteiger partial charge in [0, 0.05) is 37.3 Å². The molecule has 2 atom stereocenters. The number of β-amino-alcohol motifs (C(OH)–C–C–N with tert-alkyl or cyclic N) is 1. The summed E-state index contributed by atoms with van der Waals surface area (Å²) in [6.07, 6.45) is 2.37. The number of anilines is 1. The zero-order valence-corrected chi connectivity index (χ0v) is 22.7. The molecule has 0 spiro atoms. The second-order valence-electron chi connectivity index (χ2n) is 9.40. The molecule has 5 heterocycles. The number of aromatic nitrogens is 3. The lowest BCUT2D eigenvalue weighted by molar-refractivity contribution is -0.118. The van der Waals surface area contributed by atoms with Crippen molar-refractivity contribution in [3.63, 3.8) is 0 Å². The topological polar surface area (TPSA) is 122 Å². The van der Waals surface area contributed by atoms with E-state index in [1.165, 1.54) is 13.3 Å². The Morgan fingerprint density at radius 3 is 2.87 bits per heavy atom. The summed E-state index contributed by atoms with van der Waals surface area (Å²) in [5.41, 5.74) is 1.35. The van der Waals surface area contributed by atoms with Gasteiger partial charge in [0.2, 0.25) is 5.88 Å². The predicted molar refractivity (Wildman–Crippen MR) is 145 cm³/mol. The number of amides is 1. The largest absolute Gasteiger partial charge is 0.481 e. The Bertz CT molecular complexity index is 1300. The second-order valence-corrected chi connectivity index (χ2v) is 9.40. The van der Waals surface area contributed by atoms with Gasteiger partial charge in [-0.15, -0.1) is 24.8 Å². The van der Waals surface area contributed by atoms with Gasteiger partial charge in [0.25, 0.3) is 5.91 Å². The van der Waals surface area contributed by atoms with Gasteiger partial charge in [-0.2, -0.15) is 0 Å². The molecule has 0 aliphatic carbocycles. The maximum Gasteiger partial charge on any atom is 0.263 e. The van der Waals surface area contributed by atoms with Crippen molar-refractivity contribution in [2.75, 3.05) is 38.7 Å². The fourth-order valence-corrected chi connectivity index (χ4v) is 4.81. The summed E-state index contributed by atoms with van der Waals surface area (Å²) in [5, 5.41) is 17.3. The van der Waals surface area contributed by atoms with Crippen molar-refractivity contribution in [3.8, 4) is 11.6 Å². The summed E-state index contributed by atoms with van der Waals surface area (Å²) >= 11 is 0. The molecule has 1 amide bonds. The van der Waals surface area contributed by atoms with Crippen LogP contribution in [0.5, 0.6) is 11.6 Å². The van der Waals surface area contributed by atoms with Crippen LogP contribution in [-0.2, 0) is 17.8 Å². The molecular weight excluding hydrogens is 538 g/mol. The Morgan fingerprint density at radius 2 is 2.11 bits per heavy atom. The van der Waals surface area contributed by atoms with Crippen LogP contribution < -0.4 is 20.1 Å². The maximum atomic E-state index is 14.7. The highest BCUT2D eigenvalue weighted by molar-refractivity contribution is 5.94. The number of methoxy groups -OCH3 is 1. The number of halogens is 3. The summed E-state index contributed by atoms with van der Waals surface area (Å²) in [6, 6.07) is 6.94. The fourth-order valence-electron chi connectivity index (χ4n) is 4.81. The molecule has 3 aromatic heterocycles. The number of hydrogen-bond donors (Lipinski definition) is 3. The molecule has 3 N–H and O–H groups in total. The van der Waals surface area contributed by atoms with Crippen LogP contribution in [0.2, 0.25) is 0 Å². The first-order valence-electron chi connectivity index (χ1n) is 11.9. The van der Waals surface area contributed by atoms with Crippen molar-refractivity contribution >= 4 is 47.6 Å². The molecule has 1 saturated heterocycles. The third-order valence-electron chi connectivity index (χ3n) is 6.72. The van der Waals surface area contributed by atoms with Crippen LogP contribution in [0.1, 0.15) is 24.6 Å². The number of likely N-dealkylation sites (tertiary alicyclic amines) is 1. The standard InChI is InChI=1S/C25H29FN6O4.2ClH/c1-25(34)14-32(9-7-16-17(26)12-27-18-4-6-22(35-2)31-23(16)18)10-8-20(25)28-11-15-3-5-19-24(29-15)30-21(33)13-36-19;;/h3-6,12,20,28,34H,7-11,13-14H2,1-2H3,(H,29,30,33);2*1H. The number of ether oxygens (including phenoxy) is 2. The number of nitrogens with zero attached hydrogens (tertiary/aromatic N) is 4. The molecule has 38 heavy (non-hydrogen) atoms. The molecule has 10 nitrogen and oxygen atoms in total. The van der Waals surface area contributed by atoms with Crippen LogP contribution in [-0.4, -0.2) is 75.9 Å². The van der Waals surface area contributed by atoms with Crippen molar-refractivity contribution in [1.82, 2.24) is 25.2 Å². The van der Waals surface area contributed by atoms with Crippen molar-refractivity contribution < 1.29 is 23.8 Å². The summed E-state index contributed by atoms with van der Waals surface area (Å²) in [7, 11) is 1.52. The number of pyridine rings is 3. The van der Waals surface area contributed by atoms with E-state index in [0.29, 0.717) is 66.5 Å². The SMILES string of the molecule is COc1ccc2ncc(F)c(CCN3CCC(NCc4ccc5c(n4)NC(=O)CO5)C(C)(O)C3)c2n1.Cl.Cl. The van der Waals surface area contributed by atoms with Crippen molar-refractivity contribution in [3.05, 3.63) is 47.5 Å². The molecule has 13 heteroatoms. The zero-order valence-electron chi connectivity index (χ0n) is 21.1. The van der Waals surface area contributed by atoms with Gasteiger partial charge in [-0.1, -0.05) is 0 Å². The van der Waals surface area contributed by atoms with E-state index in [4.69, 9.17) is 9.47 Å². The van der Waals surface area contributed by atoms with E-state index in [0.717, 1.165) is 12.2 Å². The van der Waals surface area contributed by atoms with Gasteiger partial charge in [0.05, 0.1) is 35.6 Å². The van der Waals surface area contributed by atoms with Crippen LogP contribution in [0.15, 0.2) is 30.5 Å². The van der Waals surface area contributed by atoms with E-state index in [1.54, 1.807) is 25.1 Å². The summed E-state index contributed by atoms with van der Waals surface area (Å²) in [4.78, 5) is 26.7. The number of aliphatic hydroxyl groups is 1. The predicted octanol–water partition coefficient (Wildman–Crippen LogP) is 2.50. The third kappa shape index (κ3) is 6.41. The summed E-state index contributed by atoms with van der Waals surface area (Å²) < 4.78 is 25.2. The van der Waals surface area contributed by atoms with Crippen molar-refractivity contribution in [2.24, 2.45) is 0 Å². The lowest BCUT2D eigenvalue weighted by Gasteiger charge is -2.43. The van der Waals surface area contributed by atoms with E-state index >= 15 is 0 Å². The zero-order chi connectivity index (χ0) is 25.3. The normalized spacial score (nSPS) is 20.9. The van der Waals surface area contributed by atoms with Crippen LogP contribution in [0.3, 0.4) is 0 Å². The first-order valence-corrected chi connectivity index (χ1v) is 11.9. The van der Waals surface area contributed by atoms with Crippen LogP contribution in [0, 0.1) is 5.82 Å². The minimum atomic E-state index is -0.996. The Morgan fingerprint density at radius 1 is 1.29 bits per heavy atom. The van der Waals surface area contributed by atoms with Gasteiger partial charge in [0.15, 0.2) is 18.2 Å². The Kier molecular flexibility index (Phi) is 9.66. The Balaban J connectivity index is 0.00000200. The lowest BCUT2D eigenvalue weighted by Crippen LogP contribution is -2.60. The molecule has 206 valence electrons. The molecule has 3 aromatic rings. The average Bonchev–Trinajstić information content (AvgIpc) is 2.86. The molecule has 1 fully saturated rings. The first kappa shape index (κ1) is 29.7. The highest BCUT2D eigenvalue weighted by Gasteiger charge is 2.37. The highest BCUT2D eigenvalue weighted by atomic mass is 35.5. The van der Waals surface area contributed by atoms with E-state index in [2.05, 4.69) is 30.5 Å². The monoisotopic (exact) mass is 568 g/mol. The molecule has 2 unspecified atom stereocenters. The highest BCUT2D eigenvalue weighted by Crippen LogP contribution is 2.27. The number of carbonyl (C=O) groups is 1. The molecule has 0 radical (unpaired) electrons. The van der Waals surface area contributed by atoms with E-state index in [9.17, 15) is 14.3 Å². The van der Waals surface area contributed by atoms with Gasteiger partial charge in [0.1, 0.15) is 5.82 Å². The van der Waals surface area contributed by atoms with E-state index in [-0.39, 0.29) is 43.4 Å². The Labute approximate surface area is 232 Å². The molecule has 0 bridgehead atoms. The van der Waals surface area contributed by atoms with Crippen LogP contribution in [0.4, 0.5) is 10.2 Å². The van der Waals surface area contributed by atoms with Crippen LogP contribution >= 0.6 is 24.8 Å². The maximum absolute atomic E-state index is 14.7. The lowest BCUT2D eigenvalue weighted by atomic mass is 9.88. The summed E-state index contributed by atoms with van der Waals surface area (Å²) in [6.45, 7) is 3.99. The Hall–Kier alpha value is -2.83. The van der Waals surface area contributed by atoms with Gasteiger partial charge in [-0.25, -0.2) is 14.4 Å². The van der Waals surface area contributed by atoms with Crippen molar-refractivity contribution in [1.29, 1.82) is 0 Å². The number of rotatable bonds is 7. The van der Waals surface area contributed by atoms with Gasteiger partial charge in [-0.3, -0.25) is 9.78 Å². The number of piperidine rings is 1. The minimum absolute atomic E-state index is 0. The molecular formula is C25H31Cl2FN6O4. The number of hydrogen-bond acceptors (Lipinski definition) is 9. The van der Waals surface area contributed by atoms with Crippen molar-refractivity contribution in [2.45, 2.75) is 38.0 Å². The number of nitrogens with one attached hydrogen (secondary N) is 2. The fraction of sp³-hybridized carbons (Fsp3) is 0.440. The van der Waals surface area contributed by atoms with Gasteiger partial charge >= 0.3 is 0 Å². The molecule has 5 rings (SSSR count). The third-order valence-corrected chi connectivity index (χ3v) is 6.72. The summed E-state index contributed by atoms with van der Waals surface area (Å²) in [5.74, 6) is 0.741. The molecule has 0 aromatic carbocycles. The average molecular weight is 569 g/mol. The van der Waals surface area contributed by atoms with E-state index in [1.807, 2.05) is 6.07 Å². The molecule has 2 aliphatic rings. The quantitative estimate of drug-likeness (QED) is 0.394. The van der Waals surface area contributed by atoms with E-state index < -0.39 is 11.4 Å². The minimum Gasteiger partial charge on any atom is -0.481 e. The molecule has 0 saturated carbocycles. The smallest absolute Gasteiger partial charge is 0.263 e. The number of fused-ring (bicyclic) bond motifs is 2. The van der Waals surface area contributed by atoms with Gasteiger partial charge < -0.3 is 30.1 Å². The second kappa shape index (κ2) is 12.4. The van der Waals surface area contributed by atoms with Crippen LogP contribution in [0.25, 0.3) is 11.0 Å².